The van der Waals surface area contributed by atoms with Crippen LogP contribution in [0.15, 0.2) is 22.7 Å². The predicted octanol–water partition coefficient (Wildman–Crippen LogP) is 4.73. The van der Waals surface area contributed by atoms with Crippen molar-refractivity contribution in [1.82, 2.24) is 0 Å². The molecular weight excluding hydrogens is 289 g/mol. The van der Waals surface area contributed by atoms with E-state index in [1.54, 1.807) is 0 Å². The Labute approximate surface area is 113 Å². The minimum atomic E-state index is -1.02. The third-order valence-electron chi connectivity index (χ3n) is 2.61. The first-order valence-electron chi connectivity index (χ1n) is 6.70. The Hall–Kier alpha value is 0.846. The summed E-state index contributed by atoms with van der Waals surface area (Å²) in [6, 6.07) is 0. The van der Waals surface area contributed by atoms with E-state index in [1.165, 1.54) is 25.7 Å². The summed E-state index contributed by atoms with van der Waals surface area (Å²) in [5.74, 6) is -2.03. The van der Waals surface area contributed by atoms with Crippen LogP contribution in [0.2, 0.25) is 0 Å². The Bertz CT molecular complexity index is 291. The molecule has 0 aliphatic heterocycles. The van der Waals surface area contributed by atoms with Crippen LogP contribution in [0.25, 0.3) is 0 Å². The Kier molecular flexibility index (Phi) is 5.92. The molecule has 3 heteroatoms. The van der Waals surface area contributed by atoms with Gasteiger partial charge in [-0.2, -0.15) is 0 Å². The zero-order valence-corrected chi connectivity index (χ0v) is 15.4. The average Bonchev–Trinajstić information content (AvgIpc) is 2.04. The van der Waals surface area contributed by atoms with Crippen LogP contribution >= 0.6 is 12.0 Å². The Balaban J connectivity index is 2.97. The van der Waals surface area contributed by atoms with Gasteiger partial charge < -0.3 is 0 Å². The molecule has 0 atom stereocenters. The molecule has 0 N–H and O–H groups in total. The molecule has 1 aliphatic carbocycles. The number of allylic oxidation sites excluding steroid dienone is 4. The first kappa shape index (κ1) is 15.9. The summed E-state index contributed by atoms with van der Waals surface area (Å²) in [4.78, 5) is 0. The predicted molar refractivity (Wildman–Crippen MR) is 87.9 cm³/mol. The summed E-state index contributed by atoms with van der Waals surface area (Å²) in [5, 5.41) is 0. The van der Waals surface area contributed by atoms with E-state index in [1.807, 2.05) is 4.51 Å². The third kappa shape index (κ3) is 5.15. The van der Waals surface area contributed by atoms with Gasteiger partial charge in [0.25, 0.3) is 0 Å². The van der Waals surface area contributed by atoms with Crippen molar-refractivity contribution in [3.8, 4) is 0 Å². The second kappa shape index (κ2) is 6.33. The van der Waals surface area contributed by atoms with Gasteiger partial charge in [0, 0.05) is 0 Å². The molecule has 0 nitrogen and oxygen atoms in total. The van der Waals surface area contributed by atoms with Gasteiger partial charge in [0.2, 0.25) is 0 Å². The van der Waals surface area contributed by atoms with Gasteiger partial charge >= 0.3 is 113 Å². The fourth-order valence-corrected chi connectivity index (χ4v) is 38.8. The molecule has 0 aromatic carbocycles. The number of rotatable bonds is 3. The Morgan fingerprint density at radius 3 is 1.88 bits per heavy atom. The fourth-order valence-electron chi connectivity index (χ4n) is 2.43. The molecule has 106 valence electrons. The summed E-state index contributed by atoms with van der Waals surface area (Å²) in [7, 11) is 0. The van der Waals surface area contributed by atoms with Crippen LogP contribution in [0, 0.1) is 0 Å². The molecule has 0 saturated carbocycles. The molecule has 0 saturated heterocycles. The second-order valence-electron chi connectivity index (χ2n) is 6.46. The van der Waals surface area contributed by atoms with Gasteiger partial charge in [0.05, 0.1) is 0 Å². The van der Waals surface area contributed by atoms with E-state index in [9.17, 15) is 0 Å². The molecule has 1 aliphatic rings. The zero-order chi connectivity index (χ0) is 13.1. The second-order valence-corrected chi connectivity index (χ2v) is 29.4. The summed E-state index contributed by atoms with van der Waals surface area (Å²) < 4.78 is 1.88. The van der Waals surface area contributed by atoms with Gasteiger partial charge in [-0.3, -0.25) is 0 Å². The molecule has 0 radical (unpaired) electrons. The van der Waals surface area contributed by atoms with Crippen molar-refractivity contribution in [3.05, 3.63) is 22.7 Å². The van der Waals surface area contributed by atoms with E-state index in [0.717, 1.165) is 0 Å². The molecule has 0 spiro atoms. The number of hydrogen-bond donors (Lipinski definition) is 0. The van der Waals surface area contributed by atoms with Crippen LogP contribution in [-0.4, -0.2) is 40.0 Å². The molecule has 0 amide bonds. The maximum atomic E-state index is 2.62. The fraction of sp³-hybridized carbons (Fsp3) is 0.714. The quantitative estimate of drug-likeness (QED) is 0.521. The van der Waals surface area contributed by atoms with Crippen LogP contribution in [0.3, 0.4) is 0 Å². The van der Waals surface area contributed by atoms with Gasteiger partial charge in [-0.05, 0) is 0 Å². The molecule has 0 heterocycles. The maximum absolute atomic E-state index is 2.62. The van der Waals surface area contributed by atoms with Gasteiger partial charge in [-0.15, -0.1) is 0 Å². The molecule has 0 fully saturated rings. The normalized spacial score (nSPS) is 21.3. The summed E-state index contributed by atoms with van der Waals surface area (Å²) in [6.07, 6.45) is 12.5. The topological polar surface area (TPSA) is 0 Å². The standard InChI is InChI=1S/C8H11.2C3H9P.Co/c1-2-4-6-8-7-5-3-1;2*1-4(2)3;/h1-2,7H,3-6H2;2*1-3H3;/q;;;-2/p+2. The number of hydrogen-bond acceptors (Lipinski definition) is 0. The van der Waals surface area contributed by atoms with Crippen LogP contribution in [-0.2, 0) is 12.8 Å². The van der Waals surface area contributed by atoms with E-state index in [0.29, 0.717) is 0 Å². The minimum absolute atomic E-state index is 0.242. The van der Waals surface area contributed by atoms with Crippen molar-refractivity contribution in [3.63, 3.8) is 0 Å². The van der Waals surface area contributed by atoms with E-state index in [-0.39, 0.29) is 12.8 Å². The van der Waals surface area contributed by atoms with E-state index >= 15 is 0 Å². The van der Waals surface area contributed by atoms with Gasteiger partial charge in [-0.25, -0.2) is 0 Å². The summed E-state index contributed by atoms with van der Waals surface area (Å²) in [5.41, 5.74) is 0. The molecule has 1 rings (SSSR count). The molecular formula is C14H31CoP2. The first-order chi connectivity index (χ1) is 7.73. The molecule has 0 bridgehead atoms. The van der Waals surface area contributed by atoms with Crippen LogP contribution < -0.4 is 0 Å². The SMILES string of the molecule is C[PH](C)(C)[Co]([C]1=CCCC=CCC1)[PH](C)(C)C. The van der Waals surface area contributed by atoms with Crippen LogP contribution in [0.1, 0.15) is 25.7 Å². The Morgan fingerprint density at radius 2 is 1.35 bits per heavy atom. The summed E-state index contributed by atoms with van der Waals surface area (Å²) in [6.45, 7) is 15.5. The van der Waals surface area contributed by atoms with Crippen molar-refractivity contribution < 1.29 is 12.8 Å². The van der Waals surface area contributed by atoms with Gasteiger partial charge in [0.1, 0.15) is 0 Å². The first-order valence-corrected chi connectivity index (χ1v) is 17.0. The molecule has 0 aromatic heterocycles. The van der Waals surface area contributed by atoms with Crippen molar-refractivity contribution in [2.24, 2.45) is 0 Å². The average molecular weight is 320 g/mol. The monoisotopic (exact) mass is 320 g/mol. The third-order valence-corrected chi connectivity index (χ3v) is 29.3. The van der Waals surface area contributed by atoms with Crippen LogP contribution in [0.5, 0.6) is 0 Å². The molecule has 0 aromatic rings. The Morgan fingerprint density at radius 1 is 0.824 bits per heavy atom. The van der Waals surface area contributed by atoms with E-state index in [4.69, 9.17) is 0 Å². The van der Waals surface area contributed by atoms with E-state index in [2.05, 4.69) is 58.2 Å². The zero-order valence-electron chi connectivity index (χ0n) is 12.4. The molecule has 17 heavy (non-hydrogen) atoms. The summed E-state index contributed by atoms with van der Waals surface area (Å²) >= 11 is 0.242. The van der Waals surface area contributed by atoms with Gasteiger partial charge in [0.15, 0.2) is 0 Å². The van der Waals surface area contributed by atoms with Crippen molar-refractivity contribution in [2.75, 3.05) is 40.0 Å². The van der Waals surface area contributed by atoms with E-state index < -0.39 is 12.0 Å². The molecule has 0 unspecified atom stereocenters. The van der Waals surface area contributed by atoms with Crippen molar-refractivity contribution in [1.29, 1.82) is 0 Å². The van der Waals surface area contributed by atoms with Gasteiger partial charge in [-0.1, -0.05) is 0 Å². The van der Waals surface area contributed by atoms with Crippen molar-refractivity contribution in [2.45, 2.75) is 25.7 Å². The van der Waals surface area contributed by atoms with Crippen molar-refractivity contribution >= 4 is 12.0 Å². The van der Waals surface area contributed by atoms with Crippen LogP contribution in [0.4, 0.5) is 0 Å².